The Hall–Kier alpha value is -3.39. The molecule has 0 bridgehead atoms. The van der Waals surface area contributed by atoms with Gasteiger partial charge < -0.3 is 4.74 Å². The molecule has 0 saturated carbocycles. The quantitative estimate of drug-likeness (QED) is 0.815. The third-order valence-electron chi connectivity index (χ3n) is 3.02. The molecule has 0 aliphatic heterocycles. The molecule has 7 nitrogen and oxygen atoms in total. The minimum Gasteiger partial charge on any atom is -0.438 e. The highest BCUT2D eigenvalue weighted by atomic mass is 19.1. The van der Waals surface area contributed by atoms with Crippen LogP contribution in [0.4, 0.5) is 4.39 Å². The van der Waals surface area contributed by atoms with Crippen molar-refractivity contribution in [3.63, 3.8) is 0 Å². The van der Waals surface area contributed by atoms with E-state index in [4.69, 9.17) is 15.3 Å². The smallest absolute Gasteiger partial charge is 0.333 e. The van der Waals surface area contributed by atoms with Gasteiger partial charge in [0.25, 0.3) is 5.56 Å². The maximum Gasteiger partial charge on any atom is 0.333 e. The molecule has 1 heterocycles. The molecule has 110 valence electrons. The predicted octanol–water partition coefficient (Wildman–Crippen LogP) is 0.759. The van der Waals surface area contributed by atoms with Gasteiger partial charge in [0, 0.05) is 14.1 Å². The number of rotatable bonds is 2. The molecule has 22 heavy (non-hydrogen) atoms. The third-order valence-corrected chi connectivity index (χ3v) is 3.02. The largest absolute Gasteiger partial charge is 0.438 e. The van der Waals surface area contributed by atoms with Gasteiger partial charge in [-0.1, -0.05) is 6.07 Å². The fourth-order valence-corrected chi connectivity index (χ4v) is 1.84. The first-order valence-corrected chi connectivity index (χ1v) is 5.99. The normalized spacial score (nSPS) is 9.86. The summed E-state index contributed by atoms with van der Waals surface area (Å²) < 4.78 is 20.6. The van der Waals surface area contributed by atoms with Crippen molar-refractivity contribution in [2.75, 3.05) is 0 Å². The summed E-state index contributed by atoms with van der Waals surface area (Å²) in [6.45, 7) is 0. The van der Waals surface area contributed by atoms with Crippen LogP contribution in [0.25, 0.3) is 0 Å². The zero-order chi connectivity index (χ0) is 16.4. The van der Waals surface area contributed by atoms with E-state index in [9.17, 15) is 14.0 Å². The Labute approximate surface area is 123 Å². The van der Waals surface area contributed by atoms with Crippen LogP contribution in [0.15, 0.2) is 27.8 Å². The Morgan fingerprint density at radius 2 is 1.73 bits per heavy atom. The van der Waals surface area contributed by atoms with E-state index in [1.54, 1.807) is 12.1 Å². The molecular formula is C14H9FN4O3. The fraction of sp³-hybridized carbons (Fsp3) is 0.143. The van der Waals surface area contributed by atoms with Crippen LogP contribution < -0.4 is 16.0 Å². The second-order valence-corrected chi connectivity index (χ2v) is 4.32. The molecule has 0 aliphatic rings. The zero-order valence-electron chi connectivity index (χ0n) is 11.6. The van der Waals surface area contributed by atoms with Gasteiger partial charge in [-0.15, -0.1) is 0 Å². The Morgan fingerprint density at radius 3 is 2.32 bits per heavy atom. The van der Waals surface area contributed by atoms with Crippen molar-refractivity contribution in [1.29, 1.82) is 10.5 Å². The van der Waals surface area contributed by atoms with Gasteiger partial charge in [0.1, 0.15) is 29.3 Å². The molecule has 0 unspecified atom stereocenters. The molecule has 0 N–H and O–H groups in total. The summed E-state index contributed by atoms with van der Waals surface area (Å²) >= 11 is 0. The van der Waals surface area contributed by atoms with E-state index < -0.39 is 22.6 Å². The van der Waals surface area contributed by atoms with E-state index in [0.717, 1.165) is 15.2 Å². The SMILES string of the molecule is Cn1c(Oc2cccc(F)c2C#N)c(C#N)c(=O)n(C)c1=O. The molecule has 0 amide bonds. The van der Waals surface area contributed by atoms with Crippen molar-refractivity contribution in [3.05, 3.63) is 56.0 Å². The van der Waals surface area contributed by atoms with E-state index in [1.165, 1.54) is 26.2 Å². The van der Waals surface area contributed by atoms with Gasteiger partial charge in [-0.25, -0.2) is 9.18 Å². The number of aromatic nitrogens is 2. The minimum absolute atomic E-state index is 0.192. The molecule has 0 fully saturated rings. The number of nitriles is 2. The second kappa shape index (κ2) is 5.54. The highest BCUT2D eigenvalue weighted by molar-refractivity contribution is 5.47. The van der Waals surface area contributed by atoms with E-state index >= 15 is 0 Å². The van der Waals surface area contributed by atoms with Crippen molar-refractivity contribution in [1.82, 2.24) is 9.13 Å². The van der Waals surface area contributed by atoms with Gasteiger partial charge >= 0.3 is 5.69 Å². The summed E-state index contributed by atoms with van der Waals surface area (Å²) in [5.74, 6) is -1.35. The van der Waals surface area contributed by atoms with Crippen molar-refractivity contribution in [2.45, 2.75) is 0 Å². The van der Waals surface area contributed by atoms with Gasteiger partial charge in [0.15, 0.2) is 5.56 Å². The zero-order valence-corrected chi connectivity index (χ0v) is 11.6. The first kappa shape index (κ1) is 15.0. The van der Waals surface area contributed by atoms with Crippen LogP contribution in [0, 0.1) is 28.5 Å². The molecule has 2 aromatic rings. The third kappa shape index (κ3) is 2.23. The molecule has 1 aromatic heterocycles. The molecule has 0 aliphatic carbocycles. The monoisotopic (exact) mass is 300 g/mol. The molecule has 0 radical (unpaired) electrons. The number of hydrogen-bond donors (Lipinski definition) is 0. The van der Waals surface area contributed by atoms with Crippen LogP contribution in [0.2, 0.25) is 0 Å². The lowest BCUT2D eigenvalue weighted by molar-refractivity contribution is 0.417. The number of ether oxygens (including phenoxy) is 1. The van der Waals surface area contributed by atoms with Crippen molar-refractivity contribution in [2.24, 2.45) is 14.1 Å². The van der Waals surface area contributed by atoms with Crippen LogP contribution in [0.5, 0.6) is 11.6 Å². The molecule has 0 spiro atoms. The molecule has 0 saturated heterocycles. The van der Waals surface area contributed by atoms with E-state index in [2.05, 4.69) is 0 Å². The van der Waals surface area contributed by atoms with Crippen LogP contribution in [-0.2, 0) is 14.1 Å². The number of nitrogens with zero attached hydrogens (tertiary/aromatic N) is 4. The average molecular weight is 300 g/mol. The predicted molar refractivity (Wildman–Crippen MR) is 72.8 cm³/mol. The van der Waals surface area contributed by atoms with Gasteiger partial charge in [-0.3, -0.25) is 13.9 Å². The standard InChI is InChI=1S/C14H9FN4O3/c1-18-12(20)9(7-17)13(19(2)14(18)21)22-11-5-3-4-10(15)8(11)6-16/h3-5H,1-2H3. The Kier molecular flexibility index (Phi) is 3.78. The van der Waals surface area contributed by atoms with Crippen LogP contribution in [0.1, 0.15) is 11.1 Å². The van der Waals surface area contributed by atoms with E-state index in [1.807, 2.05) is 0 Å². The number of benzene rings is 1. The fourth-order valence-electron chi connectivity index (χ4n) is 1.84. The Morgan fingerprint density at radius 1 is 1.09 bits per heavy atom. The molecule has 0 atom stereocenters. The topological polar surface area (TPSA) is 101 Å². The van der Waals surface area contributed by atoms with Crippen molar-refractivity contribution < 1.29 is 9.13 Å². The number of hydrogen-bond acceptors (Lipinski definition) is 5. The van der Waals surface area contributed by atoms with E-state index in [0.29, 0.717) is 0 Å². The van der Waals surface area contributed by atoms with Gasteiger partial charge in [-0.2, -0.15) is 10.5 Å². The summed E-state index contributed by atoms with van der Waals surface area (Å²) in [5.41, 5.74) is -2.36. The Bertz CT molecular complexity index is 960. The molecule has 2 rings (SSSR count). The minimum atomic E-state index is -0.837. The van der Waals surface area contributed by atoms with E-state index in [-0.39, 0.29) is 17.2 Å². The summed E-state index contributed by atoms with van der Waals surface area (Å²) in [4.78, 5) is 23.8. The number of halogens is 1. The maximum absolute atomic E-state index is 13.6. The summed E-state index contributed by atoms with van der Waals surface area (Å²) in [5, 5.41) is 18.1. The Balaban J connectivity index is 2.75. The van der Waals surface area contributed by atoms with Crippen molar-refractivity contribution >= 4 is 0 Å². The maximum atomic E-state index is 13.6. The van der Waals surface area contributed by atoms with Crippen molar-refractivity contribution in [3.8, 4) is 23.8 Å². The average Bonchev–Trinajstić information content (AvgIpc) is 2.51. The van der Waals surface area contributed by atoms with Gasteiger partial charge in [-0.05, 0) is 12.1 Å². The first-order valence-electron chi connectivity index (χ1n) is 5.99. The highest BCUT2D eigenvalue weighted by Crippen LogP contribution is 2.26. The lowest BCUT2D eigenvalue weighted by Crippen LogP contribution is -2.38. The van der Waals surface area contributed by atoms with Gasteiger partial charge in [0.2, 0.25) is 5.88 Å². The molecule has 1 aromatic carbocycles. The van der Waals surface area contributed by atoms with Crippen LogP contribution in [-0.4, -0.2) is 9.13 Å². The molecular weight excluding hydrogens is 291 g/mol. The lowest BCUT2D eigenvalue weighted by Gasteiger charge is -2.13. The molecule has 8 heteroatoms. The summed E-state index contributed by atoms with van der Waals surface area (Å²) in [7, 11) is 2.52. The summed E-state index contributed by atoms with van der Waals surface area (Å²) in [6, 6.07) is 6.95. The summed E-state index contributed by atoms with van der Waals surface area (Å²) in [6.07, 6.45) is 0. The van der Waals surface area contributed by atoms with Gasteiger partial charge in [0.05, 0.1) is 0 Å². The highest BCUT2D eigenvalue weighted by Gasteiger charge is 2.19. The second-order valence-electron chi connectivity index (χ2n) is 4.32. The lowest BCUT2D eigenvalue weighted by atomic mass is 10.2. The first-order chi connectivity index (χ1) is 10.4. The van der Waals surface area contributed by atoms with Crippen LogP contribution >= 0.6 is 0 Å². The van der Waals surface area contributed by atoms with Crippen LogP contribution in [0.3, 0.4) is 0 Å².